The summed E-state index contributed by atoms with van der Waals surface area (Å²) in [6, 6.07) is 13.7. The van der Waals surface area contributed by atoms with Crippen molar-refractivity contribution in [3.8, 4) is 0 Å². The van der Waals surface area contributed by atoms with Crippen molar-refractivity contribution in [2.75, 3.05) is 32.8 Å². The molecule has 1 atom stereocenters. The number of carbonyl (C=O) groups excluding carboxylic acids is 5. The molecule has 0 aliphatic carbocycles. The Bertz CT molecular complexity index is 1220. The highest BCUT2D eigenvalue weighted by Gasteiger charge is 2.22. The molecule has 0 heterocycles. The molecule has 0 radical (unpaired) electrons. The molecule has 2 aromatic carbocycles. The molecule has 0 aromatic heterocycles. The van der Waals surface area contributed by atoms with Crippen molar-refractivity contribution in [2.24, 2.45) is 5.73 Å². The lowest BCUT2D eigenvalue weighted by Crippen LogP contribution is -2.49. The molecule has 2 rings (SSSR count). The summed E-state index contributed by atoms with van der Waals surface area (Å²) in [5, 5.41) is 13.4. The van der Waals surface area contributed by atoms with Crippen LogP contribution in [-0.4, -0.2) is 68.9 Å². The Kier molecular flexibility index (Phi) is 15.6. The number of nitrogens with one attached hydrogen (secondary N) is 5. The molecule has 226 valence electrons. The molecule has 0 bridgehead atoms. The lowest BCUT2D eigenvalue weighted by molar-refractivity contribution is -0.128. The fourth-order valence-corrected chi connectivity index (χ4v) is 3.98. The number of carbonyl (C=O) groups is 5. The van der Waals surface area contributed by atoms with E-state index in [1.54, 1.807) is 37.3 Å². The average molecular weight is 581 g/mol. The molecule has 42 heavy (non-hydrogen) atoms. The predicted molar refractivity (Wildman–Crippen MR) is 158 cm³/mol. The summed E-state index contributed by atoms with van der Waals surface area (Å²) in [6.45, 7) is 3.39. The standard InChI is InChI=1S/C30H40N6O6/c1-2-6-27(38)34-18-23-8-5-7-22(15-23)16-26(30(41)33-12-14-42-13-11-31)36-28(39)17-24-9-3-4-10-25(24)19-35-29(40)20-32-21-37/h2-10,15,21,26H,11-14,16-20,31H2,1H3,(H,32,37)(H,33,41)(H,34,38)(H,35,40)(H,36,39)/b6-2+. The van der Waals surface area contributed by atoms with Crippen LogP contribution in [0.1, 0.15) is 29.2 Å². The van der Waals surface area contributed by atoms with Gasteiger partial charge >= 0.3 is 0 Å². The average Bonchev–Trinajstić information content (AvgIpc) is 2.98. The number of allylic oxidation sites excluding steroid dienone is 1. The molecule has 2 aromatic rings. The second-order valence-electron chi connectivity index (χ2n) is 9.28. The molecule has 0 saturated carbocycles. The first kappa shape index (κ1) is 33.7. The van der Waals surface area contributed by atoms with Gasteiger partial charge in [-0.1, -0.05) is 54.6 Å². The van der Waals surface area contributed by atoms with Crippen molar-refractivity contribution >= 4 is 30.0 Å². The van der Waals surface area contributed by atoms with E-state index in [2.05, 4.69) is 26.6 Å². The van der Waals surface area contributed by atoms with E-state index in [0.29, 0.717) is 31.7 Å². The largest absolute Gasteiger partial charge is 0.378 e. The highest BCUT2D eigenvalue weighted by atomic mass is 16.5. The van der Waals surface area contributed by atoms with Gasteiger partial charge in [0, 0.05) is 32.6 Å². The van der Waals surface area contributed by atoms with E-state index < -0.39 is 6.04 Å². The Morgan fingerprint density at radius 3 is 2.40 bits per heavy atom. The van der Waals surface area contributed by atoms with E-state index in [4.69, 9.17) is 10.5 Å². The third-order valence-electron chi connectivity index (χ3n) is 5.97. The van der Waals surface area contributed by atoms with E-state index >= 15 is 0 Å². The molecular weight excluding hydrogens is 540 g/mol. The molecule has 0 aliphatic rings. The zero-order chi connectivity index (χ0) is 30.6. The summed E-state index contributed by atoms with van der Waals surface area (Å²) in [5.41, 5.74) is 8.51. The molecule has 12 nitrogen and oxygen atoms in total. The Morgan fingerprint density at radius 1 is 0.905 bits per heavy atom. The predicted octanol–water partition coefficient (Wildman–Crippen LogP) is -0.397. The van der Waals surface area contributed by atoms with Crippen LogP contribution >= 0.6 is 0 Å². The van der Waals surface area contributed by atoms with E-state index in [1.807, 2.05) is 24.3 Å². The molecule has 5 amide bonds. The van der Waals surface area contributed by atoms with Crippen LogP contribution in [0.5, 0.6) is 0 Å². The zero-order valence-corrected chi connectivity index (χ0v) is 23.8. The lowest BCUT2D eigenvalue weighted by Gasteiger charge is -2.20. The van der Waals surface area contributed by atoms with Crippen molar-refractivity contribution in [3.63, 3.8) is 0 Å². The maximum atomic E-state index is 13.2. The number of hydrogen-bond donors (Lipinski definition) is 6. The smallest absolute Gasteiger partial charge is 0.243 e. The van der Waals surface area contributed by atoms with Crippen molar-refractivity contribution in [1.82, 2.24) is 26.6 Å². The van der Waals surface area contributed by atoms with Crippen LogP contribution in [0.4, 0.5) is 0 Å². The van der Waals surface area contributed by atoms with Gasteiger partial charge in [-0.2, -0.15) is 0 Å². The number of nitrogens with two attached hydrogens (primary N) is 1. The van der Waals surface area contributed by atoms with Gasteiger partial charge in [-0.25, -0.2) is 0 Å². The zero-order valence-electron chi connectivity index (χ0n) is 23.8. The van der Waals surface area contributed by atoms with Gasteiger partial charge in [0.1, 0.15) is 6.04 Å². The molecule has 1 unspecified atom stereocenters. The van der Waals surface area contributed by atoms with E-state index in [0.717, 1.165) is 16.7 Å². The van der Waals surface area contributed by atoms with Gasteiger partial charge in [-0.15, -0.1) is 0 Å². The van der Waals surface area contributed by atoms with Crippen LogP contribution in [0.15, 0.2) is 60.7 Å². The minimum Gasteiger partial charge on any atom is -0.378 e. The molecule has 7 N–H and O–H groups in total. The Hall–Kier alpha value is -4.55. The summed E-state index contributed by atoms with van der Waals surface area (Å²) >= 11 is 0. The molecular formula is C30H40N6O6. The van der Waals surface area contributed by atoms with Crippen LogP contribution in [0, 0.1) is 0 Å². The van der Waals surface area contributed by atoms with Gasteiger partial charge in [-0.3, -0.25) is 24.0 Å². The minimum atomic E-state index is -0.874. The number of ether oxygens (including phenoxy) is 1. The van der Waals surface area contributed by atoms with Crippen molar-refractivity contribution < 1.29 is 28.7 Å². The normalized spacial score (nSPS) is 11.4. The van der Waals surface area contributed by atoms with E-state index in [-0.39, 0.29) is 62.7 Å². The quantitative estimate of drug-likeness (QED) is 0.0743. The van der Waals surface area contributed by atoms with Gasteiger partial charge in [0.05, 0.1) is 26.2 Å². The lowest BCUT2D eigenvalue weighted by atomic mass is 10.0. The highest BCUT2D eigenvalue weighted by molar-refractivity contribution is 5.89. The number of rotatable bonds is 19. The van der Waals surface area contributed by atoms with Crippen LogP contribution in [0.3, 0.4) is 0 Å². The number of benzene rings is 2. The fourth-order valence-electron chi connectivity index (χ4n) is 3.98. The topological polar surface area (TPSA) is 181 Å². The summed E-state index contributed by atoms with van der Waals surface area (Å²) in [7, 11) is 0. The second kappa shape index (κ2) is 19.5. The van der Waals surface area contributed by atoms with Gasteiger partial charge in [0.15, 0.2) is 0 Å². The van der Waals surface area contributed by atoms with Crippen LogP contribution in [-0.2, 0) is 54.6 Å². The van der Waals surface area contributed by atoms with E-state index in [9.17, 15) is 24.0 Å². The van der Waals surface area contributed by atoms with Crippen molar-refractivity contribution in [3.05, 3.63) is 82.9 Å². The molecule has 0 spiro atoms. The first-order chi connectivity index (χ1) is 20.4. The first-order valence-electron chi connectivity index (χ1n) is 13.7. The first-order valence-corrected chi connectivity index (χ1v) is 13.7. The Balaban J connectivity index is 2.10. The molecule has 0 saturated heterocycles. The summed E-state index contributed by atoms with van der Waals surface area (Å²) in [6.07, 6.45) is 3.74. The van der Waals surface area contributed by atoms with Gasteiger partial charge in [0.2, 0.25) is 30.0 Å². The maximum absolute atomic E-state index is 13.2. The van der Waals surface area contributed by atoms with Gasteiger partial charge in [0.25, 0.3) is 0 Å². The SMILES string of the molecule is C/C=C/C(=O)NCc1cccc(CC(NC(=O)Cc2ccccc2CNC(=O)CNC=O)C(=O)NCCOCCN)c1. The summed E-state index contributed by atoms with van der Waals surface area (Å²) in [4.78, 5) is 60.4. The molecule has 0 fully saturated rings. The molecule has 0 aliphatic heterocycles. The third kappa shape index (κ3) is 13.2. The fraction of sp³-hybridized carbons (Fsp3) is 0.367. The van der Waals surface area contributed by atoms with E-state index in [1.165, 1.54) is 6.08 Å². The monoisotopic (exact) mass is 580 g/mol. The number of hydrogen-bond acceptors (Lipinski definition) is 7. The van der Waals surface area contributed by atoms with Crippen molar-refractivity contribution in [1.29, 1.82) is 0 Å². The third-order valence-corrected chi connectivity index (χ3v) is 5.97. The molecule has 12 heteroatoms. The maximum Gasteiger partial charge on any atom is 0.243 e. The van der Waals surface area contributed by atoms with Crippen LogP contribution in [0.2, 0.25) is 0 Å². The summed E-state index contributed by atoms with van der Waals surface area (Å²) in [5.74, 6) is -1.31. The van der Waals surface area contributed by atoms with Gasteiger partial charge in [-0.05, 0) is 35.3 Å². The van der Waals surface area contributed by atoms with Crippen LogP contribution in [0.25, 0.3) is 0 Å². The van der Waals surface area contributed by atoms with Crippen LogP contribution < -0.4 is 32.3 Å². The number of amides is 5. The Morgan fingerprint density at radius 2 is 1.67 bits per heavy atom. The highest BCUT2D eigenvalue weighted by Crippen LogP contribution is 2.12. The Labute approximate surface area is 245 Å². The van der Waals surface area contributed by atoms with Gasteiger partial charge < -0.3 is 37.1 Å². The second-order valence-corrected chi connectivity index (χ2v) is 9.28. The summed E-state index contributed by atoms with van der Waals surface area (Å²) < 4.78 is 5.33. The van der Waals surface area contributed by atoms with Crippen molar-refractivity contribution in [2.45, 2.75) is 38.9 Å². The minimum absolute atomic E-state index is 0.0148.